The fourth-order valence-electron chi connectivity index (χ4n) is 2.60. The molecule has 2 aromatic rings. The molecule has 130 valence electrons. The first-order valence-corrected chi connectivity index (χ1v) is 7.49. The summed E-state index contributed by atoms with van der Waals surface area (Å²) in [6.45, 7) is 2.32. The Morgan fingerprint density at radius 2 is 2.12 bits per heavy atom. The highest BCUT2D eigenvalue weighted by Gasteiger charge is 2.44. The zero-order valence-electron chi connectivity index (χ0n) is 13.0. The van der Waals surface area contributed by atoms with Gasteiger partial charge in [0.25, 0.3) is 0 Å². The van der Waals surface area contributed by atoms with Gasteiger partial charge in [-0.3, -0.25) is 4.57 Å². The Hall–Kier alpha value is -2.50. The number of ether oxygens (including phenoxy) is 1. The number of hydrogen-bond donors (Lipinski definition) is 5. The Balaban J connectivity index is 1.77. The molecule has 1 aliphatic rings. The number of aromatic nitrogens is 4. The molecule has 0 spiro atoms. The lowest BCUT2D eigenvalue weighted by Crippen LogP contribution is -2.43. The first-order chi connectivity index (χ1) is 11.5. The number of carbonyl (C=O) groups is 1. The summed E-state index contributed by atoms with van der Waals surface area (Å²) in [6.07, 6.45) is -1.37. The molecule has 3 rings (SSSR count). The zero-order chi connectivity index (χ0) is 17.3. The molecule has 11 nitrogen and oxygen atoms in total. The number of rotatable bonds is 4. The van der Waals surface area contributed by atoms with Gasteiger partial charge < -0.3 is 31.3 Å². The molecule has 0 aromatic carbocycles. The van der Waals surface area contributed by atoms with E-state index in [9.17, 15) is 15.0 Å². The zero-order valence-corrected chi connectivity index (χ0v) is 13.0. The number of nitrogens with zero attached hydrogens (tertiary/aromatic N) is 4. The number of fused-ring (bicyclic) bond motifs is 1. The van der Waals surface area contributed by atoms with Crippen LogP contribution in [0.4, 0.5) is 10.6 Å². The third-order valence-corrected chi connectivity index (χ3v) is 3.80. The van der Waals surface area contributed by atoms with Crippen LogP contribution in [0.1, 0.15) is 13.2 Å². The van der Waals surface area contributed by atoms with Crippen LogP contribution in [0.2, 0.25) is 0 Å². The molecule has 4 atom stereocenters. The fraction of sp³-hybridized carbons (Fsp3) is 0.538. The number of hydrogen-bond acceptors (Lipinski definition) is 8. The molecule has 1 fully saturated rings. The third-order valence-electron chi connectivity index (χ3n) is 3.80. The highest BCUT2D eigenvalue weighted by atomic mass is 16.6. The lowest BCUT2D eigenvalue weighted by atomic mass is 10.1. The van der Waals surface area contributed by atoms with Crippen LogP contribution in [-0.2, 0) is 4.74 Å². The minimum atomic E-state index is -1.21. The maximum atomic E-state index is 11.4. The third kappa shape index (κ3) is 2.84. The average Bonchev–Trinajstić information content (AvgIpc) is 3.10. The summed E-state index contributed by atoms with van der Waals surface area (Å²) < 4.78 is 7.17. The van der Waals surface area contributed by atoms with Crippen LogP contribution >= 0.6 is 0 Å². The van der Waals surface area contributed by atoms with Crippen molar-refractivity contribution in [1.82, 2.24) is 30.2 Å². The van der Waals surface area contributed by atoms with Gasteiger partial charge in [-0.25, -0.2) is 19.7 Å². The van der Waals surface area contributed by atoms with Gasteiger partial charge >= 0.3 is 6.03 Å². The van der Waals surface area contributed by atoms with Crippen LogP contribution in [0.3, 0.4) is 0 Å². The maximum absolute atomic E-state index is 11.4. The number of urea groups is 1. The summed E-state index contributed by atoms with van der Waals surface area (Å²) in [5, 5.41) is 25.6. The SMILES string of the molecule is CCNC(=O)NC[C@H]1O[C@@H](n2cnc3c(N)ncnc32)[C@H](O)[C@@H]1O. The van der Waals surface area contributed by atoms with Gasteiger partial charge in [-0.2, -0.15) is 0 Å². The van der Waals surface area contributed by atoms with E-state index in [0.29, 0.717) is 17.7 Å². The summed E-state index contributed by atoms with van der Waals surface area (Å²) in [6, 6.07) is -0.375. The predicted molar refractivity (Wildman–Crippen MR) is 82.7 cm³/mol. The van der Waals surface area contributed by atoms with Crippen molar-refractivity contribution in [3.8, 4) is 0 Å². The molecule has 2 aromatic heterocycles. The van der Waals surface area contributed by atoms with Crippen molar-refractivity contribution >= 4 is 23.0 Å². The van der Waals surface area contributed by atoms with Crippen molar-refractivity contribution in [2.24, 2.45) is 0 Å². The quantitative estimate of drug-likeness (QED) is 0.443. The van der Waals surface area contributed by atoms with Crippen molar-refractivity contribution in [2.75, 3.05) is 18.8 Å². The summed E-state index contributed by atoms with van der Waals surface area (Å²) in [4.78, 5) is 23.5. The van der Waals surface area contributed by atoms with E-state index in [1.807, 2.05) is 0 Å². The molecule has 0 aliphatic carbocycles. The number of anilines is 1. The van der Waals surface area contributed by atoms with Crippen molar-refractivity contribution in [3.63, 3.8) is 0 Å². The number of carbonyl (C=O) groups excluding carboxylic acids is 1. The summed E-state index contributed by atoms with van der Waals surface area (Å²) in [7, 11) is 0. The van der Waals surface area contributed by atoms with Crippen molar-refractivity contribution < 1.29 is 19.7 Å². The molecule has 0 bridgehead atoms. The van der Waals surface area contributed by atoms with Gasteiger partial charge in [0.2, 0.25) is 0 Å². The molecule has 24 heavy (non-hydrogen) atoms. The Morgan fingerprint density at radius 3 is 2.88 bits per heavy atom. The van der Waals surface area contributed by atoms with E-state index in [1.54, 1.807) is 6.92 Å². The second-order valence-electron chi connectivity index (χ2n) is 5.37. The number of nitrogen functional groups attached to an aromatic ring is 1. The highest BCUT2D eigenvalue weighted by Crippen LogP contribution is 2.31. The summed E-state index contributed by atoms with van der Waals surface area (Å²) in [5.74, 6) is 0.209. The number of nitrogens with one attached hydrogen (secondary N) is 2. The van der Waals surface area contributed by atoms with Gasteiger partial charge in [0.15, 0.2) is 17.7 Å². The van der Waals surface area contributed by atoms with Crippen molar-refractivity contribution in [1.29, 1.82) is 0 Å². The molecule has 0 unspecified atom stereocenters. The van der Waals surface area contributed by atoms with Gasteiger partial charge in [-0.1, -0.05) is 0 Å². The number of aliphatic hydroxyl groups excluding tert-OH is 2. The van der Waals surface area contributed by atoms with Crippen LogP contribution in [0, 0.1) is 0 Å². The lowest BCUT2D eigenvalue weighted by Gasteiger charge is -2.16. The molecule has 3 heterocycles. The van der Waals surface area contributed by atoms with Gasteiger partial charge in [-0.05, 0) is 6.92 Å². The summed E-state index contributed by atoms with van der Waals surface area (Å²) in [5.41, 5.74) is 6.50. The minimum Gasteiger partial charge on any atom is -0.387 e. The molecule has 1 aliphatic heterocycles. The molecule has 2 amide bonds. The number of amides is 2. The van der Waals surface area contributed by atoms with Gasteiger partial charge in [0, 0.05) is 13.1 Å². The van der Waals surface area contributed by atoms with Crippen molar-refractivity contribution in [3.05, 3.63) is 12.7 Å². The topological polar surface area (TPSA) is 160 Å². The highest BCUT2D eigenvalue weighted by molar-refractivity contribution is 5.81. The molecule has 0 saturated carbocycles. The largest absolute Gasteiger partial charge is 0.387 e. The van der Waals surface area contributed by atoms with Crippen LogP contribution in [0.15, 0.2) is 12.7 Å². The maximum Gasteiger partial charge on any atom is 0.314 e. The van der Waals surface area contributed by atoms with E-state index in [2.05, 4.69) is 25.6 Å². The molecule has 6 N–H and O–H groups in total. The second-order valence-corrected chi connectivity index (χ2v) is 5.37. The summed E-state index contributed by atoms with van der Waals surface area (Å²) >= 11 is 0. The van der Waals surface area contributed by atoms with E-state index in [0.717, 1.165) is 0 Å². The molecular weight excluding hydrogens is 318 g/mol. The van der Waals surface area contributed by atoms with Gasteiger partial charge in [-0.15, -0.1) is 0 Å². The minimum absolute atomic E-state index is 0.0459. The molecular formula is C13H19N7O4. The van der Waals surface area contributed by atoms with Gasteiger partial charge in [0.05, 0.1) is 6.33 Å². The lowest BCUT2D eigenvalue weighted by molar-refractivity contribution is -0.0335. The molecule has 1 saturated heterocycles. The normalized spacial score (nSPS) is 26.6. The number of nitrogens with two attached hydrogens (primary N) is 1. The monoisotopic (exact) mass is 337 g/mol. The Labute approximate surface area is 136 Å². The van der Waals surface area contributed by atoms with Crippen LogP contribution in [0.5, 0.6) is 0 Å². The number of imidazole rings is 1. The second kappa shape index (κ2) is 6.55. The smallest absolute Gasteiger partial charge is 0.314 e. The van der Waals surface area contributed by atoms with E-state index in [1.165, 1.54) is 17.2 Å². The van der Waals surface area contributed by atoms with Crippen LogP contribution < -0.4 is 16.4 Å². The Morgan fingerprint density at radius 1 is 1.33 bits per heavy atom. The number of aliphatic hydroxyl groups is 2. The van der Waals surface area contributed by atoms with E-state index in [4.69, 9.17) is 10.5 Å². The molecule has 0 radical (unpaired) electrons. The van der Waals surface area contributed by atoms with E-state index in [-0.39, 0.29) is 18.4 Å². The standard InChI is InChI=1S/C13H19N7O4/c1-2-15-13(23)16-3-6-8(21)9(22)12(24-6)20-5-19-7-10(14)17-4-18-11(7)20/h4-6,8-9,12,21-22H,2-3H2,1H3,(H2,14,17,18)(H2,15,16,23)/t6-,8-,9-,12-/m1/s1. The predicted octanol–water partition coefficient (Wildman–Crippen LogP) is -1.65. The Bertz CT molecular complexity index is 736. The van der Waals surface area contributed by atoms with E-state index < -0.39 is 24.5 Å². The first-order valence-electron chi connectivity index (χ1n) is 7.49. The molecule has 11 heteroatoms. The fourth-order valence-corrected chi connectivity index (χ4v) is 2.60. The van der Waals surface area contributed by atoms with Gasteiger partial charge in [0.1, 0.15) is 30.2 Å². The van der Waals surface area contributed by atoms with Crippen molar-refractivity contribution in [2.45, 2.75) is 31.5 Å². The van der Waals surface area contributed by atoms with E-state index >= 15 is 0 Å². The van der Waals surface area contributed by atoms with Crippen LogP contribution in [0.25, 0.3) is 11.2 Å². The Kier molecular flexibility index (Phi) is 4.46. The average molecular weight is 337 g/mol. The first kappa shape index (κ1) is 16.4. The van der Waals surface area contributed by atoms with Crippen LogP contribution in [-0.4, -0.2) is 67.2 Å².